The van der Waals surface area contributed by atoms with Crippen LogP contribution in [0.25, 0.3) is 17.2 Å². The molecular weight excluding hydrogens is 240 g/mol. The molecule has 0 saturated carbocycles. The molecule has 1 aliphatic rings. The van der Waals surface area contributed by atoms with Crippen LogP contribution in [0.4, 0.5) is 0 Å². The fourth-order valence-corrected chi connectivity index (χ4v) is 3.07. The van der Waals surface area contributed by atoms with Crippen molar-refractivity contribution in [3.63, 3.8) is 0 Å². The van der Waals surface area contributed by atoms with Crippen LogP contribution in [0.1, 0.15) is 48.9 Å². The topological polar surface area (TPSA) is 0 Å². The predicted octanol–water partition coefficient (Wildman–Crippen LogP) is 5.74. The van der Waals surface area contributed by atoms with E-state index in [-0.39, 0.29) is 0 Å². The molecule has 0 bridgehead atoms. The Hall–Kier alpha value is -1.82. The average molecular weight is 262 g/mol. The lowest BCUT2D eigenvalue weighted by Crippen LogP contribution is -1.91. The van der Waals surface area contributed by atoms with E-state index in [4.69, 9.17) is 0 Å². The lowest BCUT2D eigenvalue weighted by atomic mass is 9.93. The largest absolute Gasteiger partial charge is 0.0683 e. The maximum Gasteiger partial charge on any atom is -0.00603 e. The summed E-state index contributed by atoms with van der Waals surface area (Å²) in [5, 5.41) is 0. The van der Waals surface area contributed by atoms with Gasteiger partial charge in [0.2, 0.25) is 0 Å². The van der Waals surface area contributed by atoms with Crippen molar-refractivity contribution < 1.29 is 0 Å². The first kappa shape index (κ1) is 13.2. The van der Waals surface area contributed by atoms with E-state index < -0.39 is 0 Å². The summed E-state index contributed by atoms with van der Waals surface area (Å²) < 4.78 is 0. The van der Waals surface area contributed by atoms with E-state index >= 15 is 0 Å². The standard InChI is InChI=1S/C20H22/c1-13(2)16-5-7-17(8-6-16)19-11-14(3)9-18-10-15(4)12-20(18)19/h5-9,11-13H,10H2,1-4H3. The molecule has 102 valence electrons. The zero-order chi connectivity index (χ0) is 14.3. The summed E-state index contributed by atoms with van der Waals surface area (Å²) in [7, 11) is 0. The van der Waals surface area contributed by atoms with Crippen molar-refractivity contribution in [1.82, 2.24) is 0 Å². The highest BCUT2D eigenvalue weighted by atomic mass is 14.2. The number of aryl methyl sites for hydroxylation is 1. The van der Waals surface area contributed by atoms with Gasteiger partial charge in [-0.15, -0.1) is 0 Å². The minimum absolute atomic E-state index is 0.592. The van der Waals surface area contributed by atoms with Crippen molar-refractivity contribution in [3.05, 3.63) is 64.2 Å². The first-order valence-electron chi connectivity index (χ1n) is 7.45. The Morgan fingerprint density at radius 1 is 0.950 bits per heavy atom. The van der Waals surface area contributed by atoms with Crippen LogP contribution in [0.2, 0.25) is 0 Å². The number of benzene rings is 2. The van der Waals surface area contributed by atoms with E-state index in [1.807, 2.05) is 0 Å². The molecule has 0 aromatic heterocycles. The van der Waals surface area contributed by atoms with E-state index in [1.54, 1.807) is 0 Å². The van der Waals surface area contributed by atoms with Gasteiger partial charge in [0.1, 0.15) is 0 Å². The molecule has 0 aliphatic heterocycles. The van der Waals surface area contributed by atoms with Crippen LogP contribution >= 0.6 is 0 Å². The number of hydrogen-bond acceptors (Lipinski definition) is 0. The van der Waals surface area contributed by atoms with Gasteiger partial charge in [0.25, 0.3) is 0 Å². The van der Waals surface area contributed by atoms with Crippen molar-refractivity contribution in [2.45, 2.75) is 40.0 Å². The van der Waals surface area contributed by atoms with E-state index in [9.17, 15) is 0 Å². The summed E-state index contributed by atoms with van der Waals surface area (Å²) in [4.78, 5) is 0. The number of hydrogen-bond donors (Lipinski definition) is 0. The zero-order valence-electron chi connectivity index (χ0n) is 12.8. The molecule has 0 unspecified atom stereocenters. The van der Waals surface area contributed by atoms with Crippen molar-refractivity contribution in [1.29, 1.82) is 0 Å². The molecule has 0 spiro atoms. The molecular formula is C20H22. The van der Waals surface area contributed by atoms with Crippen LogP contribution in [-0.4, -0.2) is 0 Å². The van der Waals surface area contributed by atoms with Gasteiger partial charge in [0, 0.05) is 0 Å². The highest BCUT2D eigenvalue weighted by molar-refractivity contribution is 5.81. The molecule has 0 radical (unpaired) electrons. The van der Waals surface area contributed by atoms with Crippen LogP contribution in [0.5, 0.6) is 0 Å². The summed E-state index contributed by atoms with van der Waals surface area (Å²) in [6.07, 6.45) is 3.45. The highest BCUT2D eigenvalue weighted by Gasteiger charge is 2.15. The molecule has 2 aromatic rings. The van der Waals surface area contributed by atoms with Crippen LogP contribution in [0.3, 0.4) is 0 Å². The quantitative estimate of drug-likeness (QED) is 0.647. The number of allylic oxidation sites excluding steroid dienone is 1. The third-order valence-corrected chi connectivity index (χ3v) is 4.16. The maximum atomic E-state index is 2.35. The van der Waals surface area contributed by atoms with Gasteiger partial charge >= 0.3 is 0 Å². The van der Waals surface area contributed by atoms with Crippen molar-refractivity contribution in [3.8, 4) is 11.1 Å². The highest BCUT2D eigenvalue weighted by Crippen LogP contribution is 2.35. The minimum atomic E-state index is 0.592. The van der Waals surface area contributed by atoms with E-state index in [0.29, 0.717) is 5.92 Å². The van der Waals surface area contributed by atoms with Crippen molar-refractivity contribution in [2.75, 3.05) is 0 Å². The van der Waals surface area contributed by atoms with Crippen LogP contribution < -0.4 is 0 Å². The molecule has 1 aliphatic carbocycles. The van der Waals surface area contributed by atoms with Gasteiger partial charge in [-0.05, 0) is 54.0 Å². The molecule has 0 fully saturated rings. The Bertz CT molecular complexity index is 670. The third-order valence-electron chi connectivity index (χ3n) is 4.16. The van der Waals surface area contributed by atoms with Crippen LogP contribution in [0.15, 0.2) is 42.0 Å². The van der Waals surface area contributed by atoms with Crippen LogP contribution in [0, 0.1) is 6.92 Å². The first-order chi connectivity index (χ1) is 9.54. The summed E-state index contributed by atoms with van der Waals surface area (Å²) in [6, 6.07) is 13.7. The fraction of sp³-hybridized carbons (Fsp3) is 0.300. The summed E-state index contributed by atoms with van der Waals surface area (Å²) in [5.41, 5.74) is 9.84. The molecule has 0 amide bonds. The normalized spacial score (nSPS) is 13.6. The van der Waals surface area contributed by atoms with Crippen molar-refractivity contribution in [2.24, 2.45) is 0 Å². The fourth-order valence-electron chi connectivity index (χ4n) is 3.07. The second-order valence-corrected chi connectivity index (χ2v) is 6.33. The second kappa shape index (κ2) is 4.94. The first-order valence-corrected chi connectivity index (χ1v) is 7.45. The average Bonchev–Trinajstić information content (AvgIpc) is 2.78. The molecule has 0 heterocycles. The molecule has 2 aromatic carbocycles. The predicted molar refractivity (Wildman–Crippen MR) is 88.1 cm³/mol. The Kier molecular flexibility index (Phi) is 3.25. The molecule has 0 saturated heterocycles. The monoisotopic (exact) mass is 262 g/mol. The smallest absolute Gasteiger partial charge is 0.00603 e. The molecule has 0 atom stereocenters. The summed E-state index contributed by atoms with van der Waals surface area (Å²) in [5.74, 6) is 0.592. The molecule has 0 N–H and O–H groups in total. The van der Waals surface area contributed by atoms with Crippen molar-refractivity contribution >= 4 is 6.08 Å². The summed E-state index contributed by atoms with van der Waals surface area (Å²) >= 11 is 0. The maximum absolute atomic E-state index is 2.35. The van der Waals surface area contributed by atoms with Crippen LogP contribution in [-0.2, 0) is 6.42 Å². The Morgan fingerprint density at radius 3 is 2.30 bits per heavy atom. The van der Waals surface area contributed by atoms with E-state index in [0.717, 1.165) is 6.42 Å². The second-order valence-electron chi connectivity index (χ2n) is 6.33. The lowest BCUT2D eigenvalue weighted by Gasteiger charge is -2.12. The number of fused-ring (bicyclic) bond motifs is 1. The molecule has 20 heavy (non-hydrogen) atoms. The Morgan fingerprint density at radius 2 is 1.65 bits per heavy atom. The molecule has 0 nitrogen and oxygen atoms in total. The Balaban J connectivity index is 2.10. The SMILES string of the molecule is CC1=Cc2c(cc(C)cc2-c2ccc(C(C)C)cc2)C1. The minimum Gasteiger partial charge on any atom is -0.0683 e. The summed E-state index contributed by atoms with van der Waals surface area (Å²) in [6.45, 7) is 8.90. The zero-order valence-corrected chi connectivity index (χ0v) is 12.8. The van der Waals surface area contributed by atoms with Gasteiger partial charge in [0.05, 0.1) is 0 Å². The van der Waals surface area contributed by atoms with E-state index in [2.05, 4.69) is 70.2 Å². The van der Waals surface area contributed by atoms with Gasteiger partial charge in [-0.1, -0.05) is 67.5 Å². The molecule has 3 rings (SSSR count). The molecule has 0 heteroatoms. The van der Waals surface area contributed by atoms with Gasteiger partial charge < -0.3 is 0 Å². The van der Waals surface area contributed by atoms with Gasteiger partial charge in [-0.3, -0.25) is 0 Å². The van der Waals surface area contributed by atoms with Gasteiger partial charge in [-0.2, -0.15) is 0 Å². The Labute approximate surface area is 122 Å². The van der Waals surface area contributed by atoms with E-state index in [1.165, 1.54) is 39.0 Å². The lowest BCUT2D eigenvalue weighted by molar-refractivity contribution is 0.867. The van der Waals surface area contributed by atoms with Gasteiger partial charge in [0.15, 0.2) is 0 Å². The third kappa shape index (κ3) is 2.31. The van der Waals surface area contributed by atoms with Gasteiger partial charge in [-0.25, -0.2) is 0 Å². The number of rotatable bonds is 2.